The average Bonchev–Trinajstić information content (AvgIpc) is 3.29. The molecule has 0 bridgehead atoms. The molecule has 0 N–H and O–H groups in total. The molecule has 0 aliphatic carbocycles. The van der Waals surface area contributed by atoms with Gasteiger partial charge >= 0.3 is 11.9 Å². The Bertz CT molecular complexity index is 1320. The van der Waals surface area contributed by atoms with Crippen LogP contribution >= 0.6 is 23.4 Å². The van der Waals surface area contributed by atoms with E-state index in [0.717, 1.165) is 0 Å². The van der Waals surface area contributed by atoms with Crippen LogP contribution in [0.25, 0.3) is 11.2 Å². The third-order valence-corrected chi connectivity index (χ3v) is 7.52. The molecule has 0 saturated carbocycles. The first-order valence-corrected chi connectivity index (χ1v) is 11.9. The van der Waals surface area contributed by atoms with E-state index in [-0.39, 0.29) is 34.9 Å². The van der Waals surface area contributed by atoms with Crippen molar-refractivity contribution in [2.75, 3.05) is 13.2 Å². The van der Waals surface area contributed by atoms with E-state index in [0.29, 0.717) is 22.3 Å². The first kappa shape index (κ1) is 22.4. The predicted octanol–water partition coefficient (Wildman–Crippen LogP) is 4.42. The Labute approximate surface area is 204 Å². The fourth-order valence-corrected chi connectivity index (χ4v) is 5.35. The number of ether oxygens (including phenoxy) is 2. The Balaban J connectivity index is 1.32. The predicted molar refractivity (Wildman–Crippen MR) is 128 cm³/mol. The molecule has 2 aromatic heterocycles. The van der Waals surface area contributed by atoms with Crippen LogP contribution in [0.3, 0.4) is 0 Å². The van der Waals surface area contributed by atoms with Crippen LogP contribution in [0.5, 0.6) is 0 Å². The number of rotatable bonds is 7. The molecule has 2 aromatic carbocycles. The first-order valence-electron chi connectivity index (χ1n) is 10.5. The van der Waals surface area contributed by atoms with Gasteiger partial charge in [0.2, 0.25) is 0 Å². The van der Waals surface area contributed by atoms with Crippen molar-refractivity contribution in [3.8, 4) is 0 Å². The molecule has 5 rings (SSSR count). The Hall–Kier alpha value is -3.43. The average molecular weight is 495 g/mol. The molecule has 1 saturated heterocycles. The second kappa shape index (κ2) is 9.82. The fraction of sp³-hybridized carbons (Fsp3) is 0.208. The Morgan fingerprint density at radius 2 is 1.50 bits per heavy atom. The van der Waals surface area contributed by atoms with E-state index in [2.05, 4.69) is 15.0 Å². The summed E-state index contributed by atoms with van der Waals surface area (Å²) in [5.74, 6) is -0.929. The molecule has 34 heavy (non-hydrogen) atoms. The number of halogens is 1. The molecule has 4 aromatic rings. The number of imidazole rings is 1. The van der Waals surface area contributed by atoms with Crippen LogP contribution in [-0.2, 0) is 9.47 Å². The van der Waals surface area contributed by atoms with Gasteiger partial charge < -0.3 is 14.0 Å². The number of thioether (sulfide) groups is 1. The normalized spacial score (nSPS) is 19.4. The monoisotopic (exact) mass is 494 g/mol. The second-order valence-corrected chi connectivity index (χ2v) is 9.37. The summed E-state index contributed by atoms with van der Waals surface area (Å²) in [5.41, 5.74) is 2.06. The molecule has 8 nitrogen and oxygen atoms in total. The van der Waals surface area contributed by atoms with Gasteiger partial charge in [-0.1, -0.05) is 48.0 Å². The maximum Gasteiger partial charge on any atom is 0.338 e. The van der Waals surface area contributed by atoms with Crippen molar-refractivity contribution in [1.29, 1.82) is 0 Å². The van der Waals surface area contributed by atoms with Crippen molar-refractivity contribution in [3.05, 3.63) is 89.6 Å². The van der Waals surface area contributed by atoms with E-state index in [1.807, 2.05) is 16.7 Å². The minimum Gasteiger partial charge on any atom is -0.462 e. The van der Waals surface area contributed by atoms with Crippen molar-refractivity contribution in [3.63, 3.8) is 0 Å². The Kier molecular flexibility index (Phi) is 6.46. The number of aromatic nitrogens is 4. The first-order chi connectivity index (χ1) is 16.6. The highest BCUT2D eigenvalue weighted by Crippen LogP contribution is 2.51. The number of carbonyl (C=O) groups excluding carboxylic acids is 2. The largest absolute Gasteiger partial charge is 0.462 e. The number of benzene rings is 2. The molecule has 0 spiro atoms. The van der Waals surface area contributed by atoms with Crippen LogP contribution in [0.4, 0.5) is 0 Å². The van der Waals surface area contributed by atoms with Gasteiger partial charge in [-0.05, 0) is 24.3 Å². The molecule has 3 heterocycles. The SMILES string of the molecule is O=C(OC[C@H]1[C@H](n2cnc3c(Cl)ncnc32)S[C@@H]1COC(=O)c1ccccc1)c1ccccc1. The van der Waals surface area contributed by atoms with Gasteiger partial charge in [-0.2, -0.15) is 0 Å². The summed E-state index contributed by atoms with van der Waals surface area (Å²) >= 11 is 7.75. The van der Waals surface area contributed by atoms with Gasteiger partial charge in [0.15, 0.2) is 10.8 Å². The van der Waals surface area contributed by atoms with E-state index >= 15 is 0 Å². The third-order valence-electron chi connectivity index (χ3n) is 5.55. The molecule has 1 fully saturated rings. The van der Waals surface area contributed by atoms with Crippen LogP contribution in [0.1, 0.15) is 26.1 Å². The maximum atomic E-state index is 12.5. The zero-order chi connectivity index (χ0) is 23.5. The lowest BCUT2D eigenvalue weighted by Gasteiger charge is -2.43. The summed E-state index contributed by atoms with van der Waals surface area (Å²) in [5, 5.41) is 0.0735. The van der Waals surface area contributed by atoms with Crippen molar-refractivity contribution < 1.29 is 19.1 Å². The third kappa shape index (κ3) is 4.49. The lowest BCUT2D eigenvalue weighted by Crippen LogP contribution is -2.43. The van der Waals surface area contributed by atoms with Crippen LogP contribution in [0, 0.1) is 5.92 Å². The van der Waals surface area contributed by atoms with Crippen molar-refractivity contribution in [2.45, 2.75) is 10.6 Å². The van der Waals surface area contributed by atoms with Gasteiger partial charge in [0, 0.05) is 11.2 Å². The van der Waals surface area contributed by atoms with Crippen LogP contribution in [-0.4, -0.2) is 49.9 Å². The van der Waals surface area contributed by atoms with Gasteiger partial charge in [-0.3, -0.25) is 0 Å². The highest BCUT2D eigenvalue weighted by Gasteiger charge is 2.45. The molecule has 0 amide bonds. The van der Waals surface area contributed by atoms with E-state index in [4.69, 9.17) is 21.1 Å². The lowest BCUT2D eigenvalue weighted by molar-refractivity contribution is 0.0318. The molecule has 172 valence electrons. The van der Waals surface area contributed by atoms with Crippen molar-refractivity contribution in [2.24, 2.45) is 5.92 Å². The number of hydrogen-bond acceptors (Lipinski definition) is 8. The Morgan fingerprint density at radius 3 is 2.15 bits per heavy atom. The molecule has 0 unspecified atom stereocenters. The highest BCUT2D eigenvalue weighted by atomic mass is 35.5. The number of esters is 2. The minimum atomic E-state index is -0.405. The molecule has 0 radical (unpaired) electrons. The van der Waals surface area contributed by atoms with E-state index in [1.165, 1.54) is 6.33 Å². The van der Waals surface area contributed by atoms with Gasteiger partial charge in [-0.25, -0.2) is 24.5 Å². The van der Waals surface area contributed by atoms with Gasteiger partial charge in [0.1, 0.15) is 18.5 Å². The van der Waals surface area contributed by atoms with Crippen LogP contribution < -0.4 is 0 Å². The molecular formula is C24H19ClN4O4S. The zero-order valence-electron chi connectivity index (χ0n) is 17.8. The van der Waals surface area contributed by atoms with Gasteiger partial charge in [0.25, 0.3) is 0 Å². The highest BCUT2D eigenvalue weighted by molar-refractivity contribution is 8.01. The lowest BCUT2D eigenvalue weighted by atomic mass is 10.0. The van der Waals surface area contributed by atoms with Gasteiger partial charge in [-0.15, -0.1) is 11.8 Å². The zero-order valence-corrected chi connectivity index (χ0v) is 19.4. The smallest absolute Gasteiger partial charge is 0.338 e. The number of fused-ring (bicyclic) bond motifs is 1. The molecule has 3 atom stereocenters. The molecule has 1 aliphatic heterocycles. The maximum absolute atomic E-state index is 12.5. The number of hydrogen-bond donors (Lipinski definition) is 0. The Morgan fingerprint density at radius 1 is 0.882 bits per heavy atom. The van der Waals surface area contributed by atoms with Crippen LogP contribution in [0.15, 0.2) is 73.3 Å². The molecule has 10 heteroatoms. The molecular weight excluding hydrogens is 476 g/mol. The van der Waals surface area contributed by atoms with Crippen LogP contribution in [0.2, 0.25) is 5.15 Å². The van der Waals surface area contributed by atoms with Crippen molar-refractivity contribution >= 4 is 46.5 Å². The van der Waals surface area contributed by atoms with Crippen molar-refractivity contribution in [1.82, 2.24) is 19.5 Å². The standard InChI is InChI=1S/C24H19ClN4O4S/c25-20-19-21(27-13-26-20)29(14-28-19)22-17(11-32-23(30)15-7-3-1-4-8-15)18(34-22)12-33-24(31)16-9-5-2-6-10-16/h1-10,13-14,17-18,22H,11-12H2/t17-,18-,22-/m1/s1. The number of carbonyl (C=O) groups is 2. The summed E-state index contributed by atoms with van der Waals surface area (Å²) in [6, 6.07) is 17.6. The second-order valence-electron chi connectivity index (χ2n) is 7.65. The topological polar surface area (TPSA) is 96.2 Å². The summed E-state index contributed by atoms with van der Waals surface area (Å²) < 4.78 is 13.1. The summed E-state index contributed by atoms with van der Waals surface area (Å²) in [4.78, 5) is 37.6. The van der Waals surface area contributed by atoms with E-state index in [1.54, 1.807) is 66.6 Å². The number of nitrogens with zero attached hydrogens (tertiary/aromatic N) is 4. The fourth-order valence-electron chi connectivity index (χ4n) is 3.75. The summed E-state index contributed by atoms with van der Waals surface area (Å²) in [7, 11) is 0. The van der Waals surface area contributed by atoms with E-state index < -0.39 is 11.9 Å². The molecule has 1 aliphatic rings. The summed E-state index contributed by atoms with van der Waals surface area (Å²) in [6.07, 6.45) is 3.04. The quantitative estimate of drug-likeness (QED) is 0.275. The minimum absolute atomic E-state index is 0.0732. The van der Waals surface area contributed by atoms with Gasteiger partial charge in [0.05, 0.1) is 29.4 Å². The summed E-state index contributed by atoms with van der Waals surface area (Å²) in [6.45, 7) is 0.336. The van der Waals surface area contributed by atoms with E-state index in [9.17, 15) is 9.59 Å².